The summed E-state index contributed by atoms with van der Waals surface area (Å²) in [6.07, 6.45) is 1.36. The van der Waals surface area contributed by atoms with Gasteiger partial charge < -0.3 is 10.6 Å². The quantitative estimate of drug-likeness (QED) is 0.725. The van der Waals surface area contributed by atoms with Gasteiger partial charge >= 0.3 is 0 Å². The lowest BCUT2D eigenvalue weighted by molar-refractivity contribution is 0.0946. The van der Waals surface area contributed by atoms with Crippen molar-refractivity contribution in [3.05, 3.63) is 82.8 Å². The lowest BCUT2D eigenvalue weighted by Gasteiger charge is -2.08. The zero-order valence-corrected chi connectivity index (χ0v) is 14.4. The molecular weight excluding hydrogens is 336 g/mol. The Morgan fingerprint density at radius 3 is 2.72 bits per heavy atom. The predicted octanol–water partition coefficient (Wildman–Crippen LogP) is 4.11. The van der Waals surface area contributed by atoms with Crippen LogP contribution in [-0.4, -0.2) is 15.9 Å². The molecule has 0 saturated heterocycles. The van der Waals surface area contributed by atoms with Gasteiger partial charge in [-0.3, -0.25) is 4.79 Å². The molecule has 3 aromatic rings. The molecule has 0 spiro atoms. The smallest absolute Gasteiger partial charge is 0.270 e. The molecule has 1 aromatic heterocycles. The molecule has 0 unspecified atom stereocenters. The van der Waals surface area contributed by atoms with Crippen molar-refractivity contribution in [2.24, 2.45) is 0 Å². The molecule has 0 saturated carbocycles. The van der Waals surface area contributed by atoms with Crippen LogP contribution in [0.25, 0.3) is 0 Å². The van der Waals surface area contributed by atoms with E-state index >= 15 is 0 Å². The molecule has 3 rings (SSSR count). The molecule has 126 valence electrons. The molecule has 2 aromatic carbocycles. The number of halogens is 1. The van der Waals surface area contributed by atoms with Gasteiger partial charge in [-0.2, -0.15) is 0 Å². The number of aryl methyl sites for hydroxylation is 1. The number of carbonyl (C=O) groups excluding carboxylic acids is 1. The molecule has 0 bridgehead atoms. The van der Waals surface area contributed by atoms with E-state index in [1.165, 1.54) is 6.33 Å². The molecule has 5 nitrogen and oxygen atoms in total. The highest BCUT2D eigenvalue weighted by atomic mass is 35.5. The fourth-order valence-corrected chi connectivity index (χ4v) is 2.55. The van der Waals surface area contributed by atoms with Crippen LogP contribution in [-0.2, 0) is 6.54 Å². The zero-order valence-electron chi connectivity index (χ0n) is 13.7. The number of anilines is 2. The lowest BCUT2D eigenvalue weighted by Crippen LogP contribution is -2.24. The van der Waals surface area contributed by atoms with Crippen LogP contribution in [0.2, 0.25) is 5.02 Å². The third-order valence-electron chi connectivity index (χ3n) is 3.53. The fraction of sp³-hybridized carbons (Fsp3) is 0.105. The summed E-state index contributed by atoms with van der Waals surface area (Å²) < 4.78 is 0. The van der Waals surface area contributed by atoms with Gasteiger partial charge in [0, 0.05) is 23.3 Å². The first kappa shape index (κ1) is 16.9. The highest BCUT2D eigenvalue weighted by Crippen LogP contribution is 2.18. The standard InChI is InChI=1S/C19H17ClN4O/c1-13-4-2-5-14(8-13)11-21-19(25)17-10-18(23-12-22-17)24-16-7-3-6-15(20)9-16/h2-10,12H,11H2,1H3,(H,21,25)(H,22,23,24). The molecule has 0 aliphatic heterocycles. The third-order valence-corrected chi connectivity index (χ3v) is 3.77. The number of amides is 1. The monoisotopic (exact) mass is 352 g/mol. The third kappa shape index (κ3) is 4.78. The van der Waals surface area contributed by atoms with Crippen LogP contribution in [0.4, 0.5) is 11.5 Å². The molecule has 25 heavy (non-hydrogen) atoms. The van der Waals surface area contributed by atoms with E-state index in [0.717, 1.165) is 16.8 Å². The summed E-state index contributed by atoms with van der Waals surface area (Å²) in [5, 5.41) is 6.59. The molecule has 1 heterocycles. The molecule has 0 radical (unpaired) electrons. The van der Waals surface area contributed by atoms with Gasteiger partial charge in [-0.05, 0) is 30.7 Å². The Balaban J connectivity index is 1.67. The summed E-state index contributed by atoms with van der Waals surface area (Å²) in [5.41, 5.74) is 3.28. The second-order valence-corrected chi connectivity index (χ2v) is 6.03. The van der Waals surface area contributed by atoms with Gasteiger partial charge in [0.15, 0.2) is 0 Å². The summed E-state index contributed by atoms with van der Waals surface area (Å²) in [7, 11) is 0. The van der Waals surface area contributed by atoms with Gasteiger partial charge in [-0.1, -0.05) is 47.5 Å². The Labute approximate surface area is 151 Å². The first-order chi connectivity index (χ1) is 12.1. The average Bonchev–Trinajstić information content (AvgIpc) is 2.60. The van der Waals surface area contributed by atoms with Crippen molar-refractivity contribution in [3.63, 3.8) is 0 Å². The molecule has 2 N–H and O–H groups in total. The number of carbonyl (C=O) groups is 1. The highest BCUT2D eigenvalue weighted by Gasteiger charge is 2.09. The van der Waals surface area contributed by atoms with Crippen molar-refractivity contribution in [2.75, 3.05) is 5.32 Å². The Hall–Kier alpha value is -2.92. The Morgan fingerprint density at radius 2 is 1.92 bits per heavy atom. The van der Waals surface area contributed by atoms with Gasteiger partial charge in [-0.15, -0.1) is 0 Å². The first-order valence-electron chi connectivity index (χ1n) is 7.78. The highest BCUT2D eigenvalue weighted by molar-refractivity contribution is 6.30. The van der Waals surface area contributed by atoms with Gasteiger partial charge in [0.2, 0.25) is 0 Å². The summed E-state index contributed by atoms with van der Waals surface area (Å²) >= 11 is 5.97. The molecular formula is C19H17ClN4O. The van der Waals surface area contributed by atoms with Crippen molar-refractivity contribution < 1.29 is 4.79 Å². The molecule has 6 heteroatoms. The number of hydrogen-bond donors (Lipinski definition) is 2. The molecule has 0 aliphatic carbocycles. The van der Waals surface area contributed by atoms with Crippen LogP contribution < -0.4 is 10.6 Å². The molecule has 1 amide bonds. The van der Waals surface area contributed by atoms with Crippen molar-refractivity contribution in [1.82, 2.24) is 15.3 Å². The van der Waals surface area contributed by atoms with E-state index in [9.17, 15) is 4.79 Å². The van der Waals surface area contributed by atoms with E-state index in [-0.39, 0.29) is 5.91 Å². The second-order valence-electron chi connectivity index (χ2n) is 5.60. The van der Waals surface area contributed by atoms with Crippen LogP contribution in [0.5, 0.6) is 0 Å². The Bertz CT molecular complexity index is 898. The maximum Gasteiger partial charge on any atom is 0.270 e. The van der Waals surface area contributed by atoms with Gasteiger partial charge in [0.1, 0.15) is 17.8 Å². The van der Waals surface area contributed by atoms with E-state index in [1.807, 2.05) is 43.3 Å². The number of nitrogens with zero attached hydrogens (tertiary/aromatic N) is 2. The van der Waals surface area contributed by atoms with E-state index in [2.05, 4.69) is 20.6 Å². The van der Waals surface area contributed by atoms with Gasteiger partial charge in [-0.25, -0.2) is 9.97 Å². The number of nitrogens with one attached hydrogen (secondary N) is 2. The van der Waals surface area contributed by atoms with Crippen LogP contribution in [0.3, 0.4) is 0 Å². The van der Waals surface area contributed by atoms with E-state index in [1.54, 1.807) is 18.2 Å². The topological polar surface area (TPSA) is 66.9 Å². The summed E-state index contributed by atoms with van der Waals surface area (Å²) in [4.78, 5) is 20.5. The molecule has 0 aliphatic rings. The Kier molecular flexibility index (Phi) is 5.26. The van der Waals surface area contributed by atoms with Crippen molar-refractivity contribution >= 4 is 29.0 Å². The van der Waals surface area contributed by atoms with E-state index < -0.39 is 0 Å². The average molecular weight is 353 g/mol. The van der Waals surface area contributed by atoms with E-state index in [0.29, 0.717) is 23.1 Å². The second kappa shape index (κ2) is 7.77. The maximum atomic E-state index is 12.3. The molecule has 0 fully saturated rings. The molecule has 0 atom stereocenters. The summed E-state index contributed by atoms with van der Waals surface area (Å²) in [5.74, 6) is 0.274. The minimum Gasteiger partial charge on any atom is -0.347 e. The number of benzene rings is 2. The number of hydrogen-bond acceptors (Lipinski definition) is 4. The lowest BCUT2D eigenvalue weighted by atomic mass is 10.1. The van der Waals surface area contributed by atoms with Crippen LogP contribution in [0, 0.1) is 6.92 Å². The van der Waals surface area contributed by atoms with Crippen LogP contribution in [0.1, 0.15) is 21.6 Å². The number of aromatic nitrogens is 2. The number of rotatable bonds is 5. The first-order valence-corrected chi connectivity index (χ1v) is 8.16. The maximum absolute atomic E-state index is 12.3. The fourth-order valence-electron chi connectivity index (χ4n) is 2.36. The van der Waals surface area contributed by atoms with Crippen LogP contribution >= 0.6 is 11.6 Å². The summed E-state index contributed by atoms with van der Waals surface area (Å²) in [6.45, 7) is 2.46. The van der Waals surface area contributed by atoms with Crippen molar-refractivity contribution in [3.8, 4) is 0 Å². The normalized spacial score (nSPS) is 10.3. The van der Waals surface area contributed by atoms with E-state index in [4.69, 9.17) is 11.6 Å². The van der Waals surface area contributed by atoms with Gasteiger partial charge in [0.05, 0.1) is 0 Å². The predicted molar refractivity (Wildman–Crippen MR) is 99.1 cm³/mol. The minimum atomic E-state index is -0.252. The van der Waals surface area contributed by atoms with Crippen molar-refractivity contribution in [2.45, 2.75) is 13.5 Å². The summed E-state index contributed by atoms with van der Waals surface area (Å²) in [6, 6.07) is 16.9. The largest absolute Gasteiger partial charge is 0.347 e. The van der Waals surface area contributed by atoms with Gasteiger partial charge in [0.25, 0.3) is 5.91 Å². The zero-order chi connectivity index (χ0) is 17.6. The Morgan fingerprint density at radius 1 is 1.08 bits per heavy atom. The SMILES string of the molecule is Cc1cccc(CNC(=O)c2cc(Nc3cccc(Cl)c3)ncn2)c1. The van der Waals surface area contributed by atoms with Crippen molar-refractivity contribution in [1.29, 1.82) is 0 Å². The van der Waals surface area contributed by atoms with Crippen LogP contribution in [0.15, 0.2) is 60.9 Å². The minimum absolute atomic E-state index is 0.252.